The van der Waals surface area contributed by atoms with Crippen LogP contribution in [0.15, 0.2) is 36.4 Å². The molecule has 0 radical (unpaired) electrons. The molecule has 2 aliphatic rings. The van der Waals surface area contributed by atoms with Crippen molar-refractivity contribution in [2.45, 2.75) is 38.5 Å². The number of aryl methyl sites for hydroxylation is 1. The fraction of sp³-hybridized carbons (Fsp3) is 0.440. The monoisotopic (exact) mass is 498 g/mol. The maximum Gasteiger partial charge on any atom is 0.418 e. The smallest absolute Gasteiger partial charge is 0.359 e. The second kappa shape index (κ2) is 8.87. The molecule has 0 bridgehead atoms. The quantitative estimate of drug-likeness (QED) is 0.542. The predicted molar refractivity (Wildman–Crippen MR) is 117 cm³/mol. The Kier molecular flexibility index (Phi) is 6.36. The Morgan fingerprint density at radius 1 is 0.943 bits per heavy atom. The van der Waals surface area contributed by atoms with Crippen LogP contribution in [0.25, 0.3) is 11.1 Å². The SMILES string of the molecule is CNC(=O)C1CCC2C(=O)N(c3ccc(-c4ccc(C)c(C(F)(F)F)c4)cc3C(F)(F)F)CC2C1. The third-order valence-electron chi connectivity index (χ3n) is 7.07. The highest BCUT2D eigenvalue weighted by Crippen LogP contribution is 2.46. The first-order valence-electron chi connectivity index (χ1n) is 11.2. The molecule has 2 fully saturated rings. The van der Waals surface area contributed by atoms with Gasteiger partial charge in [-0.25, -0.2) is 0 Å². The van der Waals surface area contributed by atoms with Crippen molar-refractivity contribution in [2.24, 2.45) is 17.8 Å². The van der Waals surface area contributed by atoms with Crippen LogP contribution in [-0.4, -0.2) is 25.4 Å². The highest BCUT2D eigenvalue weighted by Gasteiger charge is 2.47. The Bertz CT molecular complexity index is 1160. The van der Waals surface area contributed by atoms with Gasteiger partial charge in [0.2, 0.25) is 11.8 Å². The highest BCUT2D eigenvalue weighted by atomic mass is 19.4. The van der Waals surface area contributed by atoms with Gasteiger partial charge >= 0.3 is 12.4 Å². The van der Waals surface area contributed by atoms with Crippen molar-refractivity contribution in [3.05, 3.63) is 53.1 Å². The van der Waals surface area contributed by atoms with E-state index in [0.717, 1.165) is 23.1 Å². The number of amides is 2. The van der Waals surface area contributed by atoms with E-state index in [-0.39, 0.29) is 46.7 Å². The summed E-state index contributed by atoms with van der Waals surface area (Å²) in [6.45, 7) is 1.34. The fourth-order valence-electron chi connectivity index (χ4n) is 5.26. The van der Waals surface area contributed by atoms with E-state index >= 15 is 0 Å². The van der Waals surface area contributed by atoms with Crippen LogP contribution in [0.2, 0.25) is 0 Å². The Labute approximate surface area is 198 Å². The van der Waals surface area contributed by atoms with E-state index in [4.69, 9.17) is 0 Å². The summed E-state index contributed by atoms with van der Waals surface area (Å²) in [5.74, 6) is -1.55. The van der Waals surface area contributed by atoms with Crippen LogP contribution < -0.4 is 10.2 Å². The minimum Gasteiger partial charge on any atom is -0.359 e. The molecular weight excluding hydrogens is 474 g/mol. The molecule has 1 aliphatic heterocycles. The molecule has 1 saturated heterocycles. The number of halogens is 6. The summed E-state index contributed by atoms with van der Waals surface area (Å²) in [6.07, 6.45) is -8.16. The van der Waals surface area contributed by atoms with Crippen molar-refractivity contribution in [1.29, 1.82) is 0 Å². The molecule has 10 heteroatoms. The van der Waals surface area contributed by atoms with Crippen LogP contribution in [0, 0.1) is 24.7 Å². The lowest BCUT2D eigenvalue weighted by Gasteiger charge is -2.28. The van der Waals surface area contributed by atoms with Gasteiger partial charge in [-0.2, -0.15) is 26.3 Å². The minimum atomic E-state index is -4.83. The lowest BCUT2D eigenvalue weighted by Crippen LogP contribution is -2.34. The summed E-state index contributed by atoms with van der Waals surface area (Å²) in [6, 6.07) is 6.64. The molecule has 188 valence electrons. The number of carbonyl (C=O) groups excluding carboxylic acids is 2. The minimum absolute atomic E-state index is 0.00480. The molecule has 35 heavy (non-hydrogen) atoms. The molecule has 1 saturated carbocycles. The Balaban J connectivity index is 1.70. The first-order chi connectivity index (χ1) is 16.3. The third-order valence-corrected chi connectivity index (χ3v) is 7.07. The lowest BCUT2D eigenvalue weighted by molar-refractivity contribution is -0.138. The zero-order valence-electron chi connectivity index (χ0n) is 19.1. The standard InChI is InChI=1S/C25H24F6N2O2/c1-13-3-4-14(10-19(13)24(26,27)28)15-6-8-21(20(11-15)25(29,30)31)33-12-17-9-16(22(34)32-2)5-7-18(17)23(33)35/h3-4,6,8,10-11,16-18H,5,7,9,12H2,1-2H3,(H,32,34). The van der Waals surface area contributed by atoms with Gasteiger partial charge in [0.1, 0.15) is 0 Å². The summed E-state index contributed by atoms with van der Waals surface area (Å²) in [4.78, 5) is 26.2. The van der Waals surface area contributed by atoms with Gasteiger partial charge in [0.25, 0.3) is 0 Å². The van der Waals surface area contributed by atoms with Crippen molar-refractivity contribution in [3.8, 4) is 11.1 Å². The van der Waals surface area contributed by atoms with Gasteiger partial charge in [-0.1, -0.05) is 18.2 Å². The number of anilines is 1. The van der Waals surface area contributed by atoms with Gasteiger partial charge in [0.05, 0.1) is 16.8 Å². The number of nitrogens with one attached hydrogen (secondary N) is 1. The van der Waals surface area contributed by atoms with Crippen molar-refractivity contribution >= 4 is 17.5 Å². The molecule has 3 atom stereocenters. The van der Waals surface area contributed by atoms with Gasteiger partial charge < -0.3 is 10.2 Å². The van der Waals surface area contributed by atoms with Crippen LogP contribution in [0.4, 0.5) is 32.0 Å². The van der Waals surface area contributed by atoms with Gasteiger partial charge in [0.15, 0.2) is 0 Å². The van der Waals surface area contributed by atoms with Crippen molar-refractivity contribution < 1.29 is 35.9 Å². The first-order valence-corrected chi connectivity index (χ1v) is 11.2. The van der Waals surface area contributed by atoms with Crippen molar-refractivity contribution in [2.75, 3.05) is 18.5 Å². The molecule has 2 amide bonds. The van der Waals surface area contributed by atoms with E-state index in [1.165, 1.54) is 32.2 Å². The molecule has 2 aromatic carbocycles. The lowest BCUT2D eigenvalue weighted by atomic mass is 9.75. The van der Waals surface area contributed by atoms with Gasteiger partial charge in [0, 0.05) is 25.4 Å². The van der Waals surface area contributed by atoms with Crippen LogP contribution >= 0.6 is 0 Å². The van der Waals surface area contributed by atoms with E-state index in [2.05, 4.69) is 5.32 Å². The molecule has 3 unspecified atom stereocenters. The molecule has 2 aromatic rings. The van der Waals surface area contributed by atoms with Gasteiger partial charge in [-0.3, -0.25) is 9.59 Å². The number of rotatable bonds is 3. The van der Waals surface area contributed by atoms with Crippen molar-refractivity contribution in [3.63, 3.8) is 0 Å². The molecule has 0 spiro atoms. The summed E-state index contributed by atoms with van der Waals surface area (Å²) in [5.41, 5.74) is -2.39. The average Bonchev–Trinajstić information content (AvgIpc) is 3.12. The Hall–Kier alpha value is -3.04. The summed E-state index contributed by atoms with van der Waals surface area (Å²) in [7, 11) is 1.52. The maximum atomic E-state index is 14.1. The Morgan fingerprint density at radius 2 is 1.54 bits per heavy atom. The number of nitrogens with zero attached hydrogens (tertiary/aromatic N) is 1. The van der Waals surface area contributed by atoms with E-state index < -0.39 is 35.3 Å². The molecule has 4 nitrogen and oxygen atoms in total. The van der Waals surface area contributed by atoms with Crippen LogP contribution in [0.3, 0.4) is 0 Å². The zero-order valence-corrected chi connectivity index (χ0v) is 19.1. The molecular formula is C25H24F6N2O2. The molecule has 1 aliphatic carbocycles. The third kappa shape index (κ3) is 4.75. The van der Waals surface area contributed by atoms with Gasteiger partial charge in [-0.15, -0.1) is 0 Å². The summed E-state index contributed by atoms with van der Waals surface area (Å²) < 4.78 is 82.2. The molecule has 1 heterocycles. The van der Waals surface area contributed by atoms with E-state index in [1.807, 2.05) is 0 Å². The summed E-state index contributed by atoms with van der Waals surface area (Å²) >= 11 is 0. The average molecular weight is 498 g/mol. The van der Waals surface area contributed by atoms with E-state index in [0.29, 0.717) is 19.3 Å². The number of benzene rings is 2. The topological polar surface area (TPSA) is 49.4 Å². The number of fused-ring (bicyclic) bond motifs is 1. The second-order valence-electron chi connectivity index (χ2n) is 9.20. The van der Waals surface area contributed by atoms with Crippen LogP contribution in [0.5, 0.6) is 0 Å². The number of carbonyl (C=O) groups is 2. The molecule has 1 N–H and O–H groups in total. The predicted octanol–water partition coefficient (Wildman–Crippen LogP) is 5.82. The largest absolute Gasteiger partial charge is 0.418 e. The summed E-state index contributed by atoms with van der Waals surface area (Å²) in [5, 5.41) is 2.58. The van der Waals surface area contributed by atoms with Gasteiger partial charge in [-0.05, 0) is 67.0 Å². The van der Waals surface area contributed by atoms with Crippen LogP contribution in [0.1, 0.15) is 36.0 Å². The first kappa shape index (κ1) is 25.1. The normalized spacial score (nSPS) is 22.8. The number of alkyl halides is 6. The number of hydrogen-bond acceptors (Lipinski definition) is 2. The van der Waals surface area contributed by atoms with Crippen molar-refractivity contribution in [1.82, 2.24) is 5.32 Å². The van der Waals surface area contributed by atoms with E-state index in [1.54, 1.807) is 0 Å². The zero-order chi connectivity index (χ0) is 25.7. The highest BCUT2D eigenvalue weighted by molar-refractivity contribution is 5.99. The van der Waals surface area contributed by atoms with E-state index in [9.17, 15) is 35.9 Å². The Morgan fingerprint density at radius 3 is 2.14 bits per heavy atom. The molecule has 0 aromatic heterocycles. The second-order valence-corrected chi connectivity index (χ2v) is 9.20. The fourth-order valence-corrected chi connectivity index (χ4v) is 5.26. The number of hydrogen-bond donors (Lipinski definition) is 1. The maximum absolute atomic E-state index is 14.1. The van der Waals surface area contributed by atoms with Crippen LogP contribution in [-0.2, 0) is 21.9 Å². The molecule has 4 rings (SSSR count).